The van der Waals surface area contributed by atoms with Crippen molar-refractivity contribution in [1.29, 1.82) is 0 Å². The third-order valence-electron chi connectivity index (χ3n) is 3.69. The smallest absolute Gasteiger partial charge is 0.248 e. The Balaban J connectivity index is 1.67. The molecule has 2 aromatic rings. The van der Waals surface area contributed by atoms with Gasteiger partial charge in [0.05, 0.1) is 12.3 Å². The standard InChI is InChI=1S/C19H17FN2O3/c1-12(23)21-17-11-15(4-5-16(17)20)22-19(24)7-3-13-2-6-18-14(10-13)8-9-25-18/h2-7,10-11H,8-9H2,1H3,(H,21,23)(H,22,24)/b7-3+. The van der Waals surface area contributed by atoms with Crippen LogP contribution in [0, 0.1) is 5.82 Å². The van der Waals surface area contributed by atoms with Gasteiger partial charge in [-0.15, -0.1) is 0 Å². The molecule has 2 aromatic carbocycles. The Hall–Kier alpha value is -3.15. The lowest BCUT2D eigenvalue weighted by Gasteiger charge is -2.07. The zero-order valence-electron chi connectivity index (χ0n) is 13.6. The number of carbonyl (C=O) groups is 2. The first-order valence-corrected chi connectivity index (χ1v) is 7.83. The summed E-state index contributed by atoms with van der Waals surface area (Å²) in [6, 6.07) is 9.73. The van der Waals surface area contributed by atoms with Gasteiger partial charge in [0.15, 0.2) is 0 Å². The summed E-state index contributed by atoms with van der Waals surface area (Å²) in [5, 5.41) is 5.01. The number of rotatable bonds is 4. The van der Waals surface area contributed by atoms with Crippen LogP contribution < -0.4 is 15.4 Å². The molecule has 0 aliphatic carbocycles. The Morgan fingerprint density at radius 2 is 2.00 bits per heavy atom. The second-order valence-corrected chi connectivity index (χ2v) is 5.66. The molecule has 1 heterocycles. The van der Waals surface area contributed by atoms with E-state index >= 15 is 0 Å². The van der Waals surface area contributed by atoms with Crippen molar-refractivity contribution in [3.05, 3.63) is 59.4 Å². The van der Waals surface area contributed by atoms with Gasteiger partial charge in [0.2, 0.25) is 11.8 Å². The average Bonchev–Trinajstić information content (AvgIpc) is 3.03. The molecule has 0 atom stereocenters. The minimum absolute atomic E-state index is 0.0212. The van der Waals surface area contributed by atoms with Crippen LogP contribution in [-0.2, 0) is 16.0 Å². The molecule has 0 saturated heterocycles. The molecule has 1 aliphatic rings. The molecule has 2 amide bonds. The van der Waals surface area contributed by atoms with Gasteiger partial charge in [0.1, 0.15) is 11.6 Å². The first-order valence-electron chi connectivity index (χ1n) is 7.83. The van der Waals surface area contributed by atoms with E-state index in [4.69, 9.17) is 4.74 Å². The van der Waals surface area contributed by atoms with E-state index < -0.39 is 5.82 Å². The van der Waals surface area contributed by atoms with Gasteiger partial charge >= 0.3 is 0 Å². The Bertz CT molecular complexity index is 862. The molecule has 128 valence electrons. The average molecular weight is 340 g/mol. The van der Waals surface area contributed by atoms with Crippen molar-refractivity contribution in [3.8, 4) is 5.75 Å². The monoisotopic (exact) mass is 340 g/mol. The number of hydrogen-bond donors (Lipinski definition) is 2. The molecule has 5 nitrogen and oxygen atoms in total. The Kier molecular flexibility index (Phi) is 4.79. The summed E-state index contributed by atoms with van der Waals surface area (Å²) in [5.74, 6) is -0.414. The molecule has 0 fully saturated rings. The first kappa shape index (κ1) is 16.7. The number of benzene rings is 2. The molecule has 0 unspecified atom stereocenters. The zero-order valence-corrected chi connectivity index (χ0v) is 13.6. The maximum absolute atomic E-state index is 13.6. The number of amides is 2. The van der Waals surface area contributed by atoms with E-state index in [1.54, 1.807) is 6.08 Å². The Morgan fingerprint density at radius 1 is 1.16 bits per heavy atom. The van der Waals surface area contributed by atoms with Crippen molar-refractivity contribution >= 4 is 29.3 Å². The summed E-state index contributed by atoms with van der Waals surface area (Å²) in [7, 11) is 0. The highest BCUT2D eigenvalue weighted by Crippen LogP contribution is 2.26. The van der Waals surface area contributed by atoms with Crippen LogP contribution in [0.3, 0.4) is 0 Å². The van der Waals surface area contributed by atoms with Crippen LogP contribution in [0.2, 0.25) is 0 Å². The number of fused-ring (bicyclic) bond motifs is 1. The summed E-state index contributed by atoms with van der Waals surface area (Å²) < 4.78 is 19.0. The van der Waals surface area contributed by atoms with Gasteiger partial charge in [0, 0.05) is 25.1 Å². The molecular formula is C19H17FN2O3. The molecule has 0 aromatic heterocycles. The lowest BCUT2D eigenvalue weighted by Crippen LogP contribution is -2.10. The minimum atomic E-state index is -0.566. The summed E-state index contributed by atoms with van der Waals surface area (Å²) in [6.07, 6.45) is 3.97. The Labute approximate surface area is 144 Å². The molecule has 0 bridgehead atoms. The van der Waals surface area contributed by atoms with Crippen molar-refractivity contribution in [2.24, 2.45) is 0 Å². The molecule has 3 rings (SSSR count). The second kappa shape index (κ2) is 7.17. The highest BCUT2D eigenvalue weighted by atomic mass is 19.1. The van der Waals surface area contributed by atoms with Gasteiger partial charge in [-0.3, -0.25) is 9.59 Å². The second-order valence-electron chi connectivity index (χ2n) is 5.66. The number of carbonyl (C=O) groups excluding carboxylic acids is 2. The third kappa shape index (κ3) is 4.23. The van der Waals surface area contributed by atoms with Gasteiger partial charge in [-0.05, 0) is 47.5 Å². The Morgan fingerprint density at radius 3 is 2.80 bits per heavy atom. The summed E-state index contributed by atoms with van der Waals surface area (Å²) in [5.41, 5.74) is 2.44. The summed E-state index contributed by atoms with van der Waals surface area (Å²) >= 11 is 0. The molecule has 0 spiro atoms. The van der Waals surface area contributed by atoms with Gasteiger partial charge in [-0.2, -0.15) is 0 Å². The van der Waals surface area contributed by atoms with Crippen molar-refractivity contribution in [2.45, 2.75) is 13.3 Å². The molecule has 6 heteroatoms. The number of anilines is 2. The van der Waals surface area contributed by atoms with Crippen LogP contribution in [0.25, 0.3) is 6.08 Å². The zero-order chi connectivity index (χ0) is 17.8. The van der Waals surface area contributed by atoms with Gasteiger partial charge in [-0.25, -0.2) is 4.39 Å². The normalized spacial score (nSPS) is 12.6. The topological polar surface area (TPSA) is 67.4 Å². The van der Waals surface area contributed by atoms with E-state index in [9.17, 15) is 14.0 Å². The maximum atomic E-state index is 13.6. The van der Waals surface area contributed by atoms with E-state index in [2.05, 4.69) is 10.6 Å². The maximum Gasteiger partial charge on any atom is 0.248 e. The number of halogens is 1. The van der Waals surface area contributed by atoms with Crippen molar-refractivity contribution in [1.82, 2.24) is 0 Å². The fourth-order valence-electron chi connectivity index (χ4n) is 2.55. The molecule has 0 saturated carbocycles. The van der Waals surface area contributed by atoms with Crippen LogP contribution in [0.1, 0.15) is 18.1 Å². The fraction of sp³-hybridized carbons (Fsp3) is 0.158. The molecular weight excluding hydrogens is 323 g/mol. The SMILES string of the molecule is CC(=O)Nc1cc(NC(=O)/C=C/c2ccc3c(c2)CCO3)ccc1F. The van der Waals surface area contributed by atoms with Crippen LogP contribution in [0.4, 0.5) is 15.8 Å². The fourth-order valence-corrected chi connectivity index (χ4v) is 2.55. The van der Waals surface area contributed by atoms with Crippen LogP contribution in [0.5, 0.6) is 5.75 Å². The third-order valence-corrected chi connectivity index (χ3v) is 3.69. The molecule has 1 aliphatic heterocycles. The lowest BCUT2D eigenvalue weighted by atomic mass is 10.1. The van der Waals surface area contributed by atoms with E-state index in [1.165, 1.54) is 31.2 Å². The van der Waals surface area contributed by atoms with E-state index in [0.717, 1.165) is 23.3 Å². The van der Waals surface area contributed by atoms with Crippen molar-refractivity contribution in [3.63, 3.8) is 0 Å². The number of nitrogens with one attached hydrogen (secondary N) is 2. The molecule has 25 heavy (non-hydrogen) atoms. The van der Waals surface area contributed by atoms with E-state index in [0.29, 0.717) is 12.3 Å². The first-order chi connectivity index (χ1) is 12.0. The minimum Gasteiger partial charge on any atom is -0.493 e. The number of ether oxygens (including phenoxy) is 1. The largest absolute Gasteiger partial charge is 0.493 e. The number of hydrogen-bond acceptors (Lipinski definition) is 3. The van der Waals surface area contributed by atoms with Gasteiger partial charge < -0.3 is 15.4 Å². The summed E-state index contributed by atoms with van der Waals surface area (Å²) in [4.78, 5) is 23.1. The quantitative estimate of drug-likeness (QED) is 0.839. The molecule has 0 radical (unpaired) electrons. The predicted octanol–water partition coefficient (Wildman–Crippen LogP) is 3.37. The summed E-state index contributed by atoms with van der Waals surface area (Å²) in [6.45, 7) is 1.97. The highest BCUT2D eigenvalue weighted by molar-refractivity contribution is 6.02. The van der Waals surface area contributed by atoms with Crippen molar-refractivity contribution < 1.29 is 18.7 Å². The van der Waals surface area contributed by atoms with Crippen LogP contribution >= 0.6 is 0 Å². The van der Waals surface area contributed by atoms with E-state index in [-0.39, 0.29) is 17.5 Å². The highest BCUT2D eigenvalue weighted by Gasteiger charge is 2.11. The van der Waals surface area contributed by atoms with E-state index in [1.807, 2.05) is 18.2 Å². The molecule has 2 N–H and O–H groups in total. The van der Waals surface area contributed by atoms with Gasteiger partial charge in [0.25, 0.3) is 0 Å². The lowest BCUT2D eigenvalue weighted by molar-refractivity contribution is -0.114. The van der Waals surface area contributed by atoms with Crippen LogP contribution in [0.15, 0.2) is 42.5 Å². The van der Waals surface area contributed by atoms with Crippen LogP contribution in [-0.4, -0.2) is 18.4 Å². The van der Waals surface area contributed by atoms with Gasteiger partial charge in [-0.1, -0.05) is 6.07 Å². The van der Waals surface area contributed by atoms with Crippen molar-refractivity contribution in [2.75, 3.05) is 17.2 Å². The predicted molar refractivity (Wildman–Crippen MR) is 94.0 cm³/mol.